The molecule has 3 N–H and O–H groups in total. The number of hydrogen-bond acceptors (Lipinski definition) is 5. The molecule has 2 aromatic rings. The van der Waals surface area contributed by atoms with E-state index in [0.717, 1.165) is 5.69 Å². The largest absolute Gasteiger partial charge is 0.440 e. The van der Waals surface area contributed by atoms with Gasteiger partial charge in [0, 0.05) is 31.4 Å². The van der Waals surface area contributed by atoms with E-state index in [1.807, 2.05) is 31.1 Å². The Morgan fingerprint density at radius 3 is 2.50 bits per heavy atom. The lowest BCUT2D eigenvalue weighted by atomic mass is 10.2. The molecule has 0 radical (unpaired) electrons. The highest BCUT2D eigenvalue weighted by atomic mass is 16.3. The van der Waals surface area contributed by atoms with Gasteiger partial charge in [-0.05, 0) is 30.3 Å². The van der Waals surface area contributed by atoms with Crippen molar-refractivity contribution in [2.24, 2.45) is 5.10 Å². The first-order valence-corrected chi connectivity index (χ1v) is 6.02. The number of nitrogen functional groups attached to an aromatic ring is 1. The summed E-state index contributed by atoms with van der Waals surface area (Å²) in [6, 6.07) is 10.5. The third-order valence-electron chi connectivity index (χ3n) is 2.65. The molecule has 0 spiro atoms. The van der Waals surface area contributed by atoms with Gasteiger partial charge in [0.1, 0.15) is 5.76 Å². The van der Waals surface area contributed by atoms with Gasteiger partial charge in [0.15, 0.2) is 5.88 Å². The van der Waals surface area contributed by atoms with E-state index in [4.69, 9.17) is 10.2 Å². The third kappa shape index (κ3) is 3.38. The van der Waals surface area contributed by atoms with Crippen molar-refractivity contribution in [1.29, 1.82) is 0 Å². The van der Waals surface area contributed by atoms with Crippen molar-refractivity contribution in [3.63, 3.8) is 0 Å². The first-order chi connectivity index (χ1) is 9.56. The van der Waals surface area contributed by atoms with Crippen LogP contribution in [0, 0.1) is 0 Å². The Hall–Kier alpha value is -2.76. The van der Waals surface area contributed by atoms with Crippen LogP contribution in [-0.2, 0) is 0 Å². The number of hydrazone groups is 1. The van der Waals surface area contributed by atoms with E-state index in [1.54, 1.807) is 24.3 Å². The van der Waals surface area contributed by atoms with Crippen LogP contribution in [0.2, 0.25) is 0 Å². The van der Waals surface area contributed by atoms with Gasteiger partial charge in [-0.3, -0.25) is 4.79 Å². The summed E-state index contributed by atoms with van der Waals surface area (Å²) in [6.45, 7) is 0. The quantitative estimate of drug-likeness (QED) is 0.655. The lowest BCUT2D eigenvalue weighted by molar-refractivity contribution is 0.0955. The maximum absolute atomic E-state index is 11.8. The molecule has 0 fully saturated rings. The second-order valence-electron chi connectivity index (χ2n) is 4.38. The Balaban J connectivity index is 1.96. The highest BCUT2D eigenvalue weighted by molar-refractivity contribution is 5.95. The van der Waals surface area contributed by atoms with Crippen LogP contribution in [0.1, 0.15) is 16.1 Å². The van der Waals surface area contributed by atoms with E-state index >= 15 is 0 Å². The molecule has 1 aromatic carbocycles. The van der Waals surface area contributed by atoms with Crippen molar-refractivity contribution >= 4 is 23.7 Å². The topological polar surface area (TPSA) is 83.9 Å². The molecule has 1 aromatic heterocycles. The molecule has 20 heavy (non-hydrogen) atoms. The summed E-state index contributed by atoms with van der Waals surface area (Å²) >= 11 is 0. The second-order valence-corrected chi connectivity index (χ2v) is 4.38. The molecule has 0 saturated heterocycles. The summed E-state index contributed by atoms with van der Waals surface area (Å²) < 4.78 is 5.08. The first kappa shape index (κ1) is 13.7. The van der Waals surface area contributed by atoms with Gasteiger partial charge in [0.05, 0.1) is 6.21 Å². The van der Waals surface area contributed by atoms with Gasteiger partial charge >= 0.3 is 0 Å². The predicted molar refractivity (Wildman–Crippen MR) is 78.9 cm³/mol. The molecule has 0 saturated carbocycles. The fraction of sp³-hybridized carbons (Fsp3) is 0.143. The van der Waals surface area contributed by atoms with Gasteiger partial charge in [-0.25, -0.2) is 5.43 Å². The van der Waals surface area contributed by atoms with E-state index in [1.165, 1.54) is 6.21 Å². The normalized spacial score (nSPS) is 10.7. The second kappa shape index (κ2) is 5.92. The van der Waals surface area contributed by atoms with Crippen LogP contribution in [0.5, 0.6) is 0 Å². The maximum Gasteiger partial charge on any atom is 0.271 e. The van der Waals surface area contributed by atoms with E-state index < -0.39 is 0 Å². The standard InChI is InChI=1S/C14H16N4O2/c1-18(2)11-5-3-10(4-6-11)14(19)17-16-9-12-7-8-13(15)20-12/h3-9H,15H2,1-2H3,(H,17,19)/b16-9+. The van der Waals surface area contributed by atoms with Crippen LogP contribution in [0.3, 0.4) is 0 Å². The van der Waals surface area contributed by atoms with Crippen LogP contribution in [0.4, 0.5) is 11.6 Å². The molecule has 0 aliphatic rings. The average molecular weight is 272 g/mol. The van der Waals surface area contributed by atoms with Gasteiger partial charge in [0.25, 0.3) is 5.91 Å². The number of carbonyl (C=O) groups is 1. The number of hydrogen-bond donors (Lipinski definition) is 2. The van der Waals surface area contributed by atoms with E-state index in [-0.39, 0.29) is 5.91 Å². The van der Waals surface area contributed by atoms with Gasteiger partial charge in [0.2, 0.25) is 0 Å². The number of amides is 1. The monoisotopic (exact) mass is 272 g/mol. The molecular weight excluding hydrogens is 256 g/mol. The van der Waals surface area contributed by atoms with Crippen LogP contribution < -0.4 is 16.1 Å². The molecule has 6 nitrogen and oxygen atoms in total. The molecule has 2 rings (SSSR count). The maximum atomic E-state index is 11.8. The average Bonchev–Trinajstić information content (AvgIpc) is 2.84. The number of carbonyl (C=O) groups excluding carboxylic acids is 1. The van der Waals surface area contributed by atoms with Gasteiger partial charge in [-0.1, -0.05) is 0 Å². The summed E-state index contributed by atoms with van der Waals surface area (Å²) in [4.78, 5) is 13.8. The SMILES string of the molecule is CN(C)c1ccc(C(=O)N/N=C/c2ccc(N)o2)cc1. The van der Waals surface area contributed by atoms with Crippen molar-refractivity contribution < 1.29 is 9.21 Å². The fourth-order valence-corrected chi connectivity index (χ4v) is 1.57. The fourth-order valence-electron chi connectivity index (χ4n) is 1.57. The smallest absolute Gasteiger partial charge is 0.271 e. The van der Waals surface area contributed by atoms with Crippen molar-refractivity contribution in [3.8, 4) is 0 Å². The first-order valence-electron chi connectivity index (χ1n) is 6.02. The third-order valence-corrected chi connectivity index (χ3v) is 2.65. The van der Waals surface area contributed by atoms with Crippen molar-refractivity contribution in [2.75, 3.05) is 24.7 Å². The Labute approximate surface area is 116 Å². The van der Waals surface area contributed by atoms with E-state index in [9.17, 15) is 4.79 Å². The zero-order valence-corrected chi connectivity index (χ0v) is 11.3. The van der Waals surface area contributed by atoms with Crippen LogP contribution >= 0.6 is 0 Å². The zero-order chi connectivity index (χ0) is 14.5. The van der Waals surface area contributed by atoms with Crippen LogP contribution in [0.15, 0.2) is 45.9 Å². The number of benzene rings is 1. The van der Waals surface area contributed by atoms with Gasteiger partial charge < -0.3 is 15.1 Å². The number of rotatable bonds is 4. The minimum atomic E-state index is -0.286. The van der Waals surface area contributed by atoms with Crippen LogP contribution in [-0.4, -0.2) is 26.2 Å². The van der Waals surface area contributed by atoms with E-state index in [2.05, 4.69) is 10.5 Å². The molecule has 0 atom stereocenters. The van der Waals surface area contributed by atoms with Crippen molar-refractivity contribution in [1.82, 2.24) is 5.43 Å². The summed E-state index contributed by atoms with van der Waals surface area (Å²) in [7, 11) is 3.88. The number of nitrogens with zero attached hydrogens (tertiary/aromatic N) is 2. The molecule has 0 aliphatic carbocycles. The Bertz CT molecular complexity index is 614. The molecule has 1 amide bonds. The molecule has 6 heteroatoms. The molecule has 1 heterocycles. The number of nitrogens with one attached hydrogen (secondary N) is 1. The molecule has 104 valence electrons. The minimum absolute atomic E-state index is 0.286. The molecular formula is C14H16N4O2. The molecule has 0 unspecified atom stereocenters. The Morgan fingerprint density at radius 2 is 1.95 bits per heavy atom. The molecule has 0 aliphatic heterocycles. The lowest BCUT2D eigenvalue weighted by Crippen LogP contribution is -2.17. The minimum Gasteiger partial charge on any atom is -0.440 e. The number of anilines is 2. The zero-order valence-electron chi connectivity index (χ0n) is 11.3. The van der Waals surface area contributed by atoms with Crippen molar-refractivity contribution in [3.05, 3.63) is 47.7 Å². The van der Waals surface area contributed by atoms with E-state index in [0.29, 0.717) is 17.2 Å². The summed E-state index contributed by atoms with van der Waals surface area (Å²) in [5, 5.41) is 3.80. The Morgan fingerprint density at radius 1 is 1.25 bits per heavy atom. The molecule has 0 bridgehead atoms. The van der Waals surface area contributed by atoms with Crippen molar-refractivity contribution in [2.45, 2.75) is 0 Å². The summed E-state index contributed by atoms with van der Waals surface area (Å²) in [5.74, 6) is 0.494. The highest BCUT2D eigenvalue weighted by Crippen LogP contribution is 2.12. The predicted octanol–water partition coefficient (Wildman–Crippen LogP) is 1.69. The van der Waals surface area contributed by atoms with Gasteiger partial charge in [-0.15, -0.1) is 0 Å². The summed E-state index contributed by atoms with van der Waals surface area (Å²) in [6.07, 6.45) is 1.39. The Kier molecular flexibility index (Phi) is 4.05. The number of nitrogens with two attached hydrogens (primary N) is 1. The highest BCUT2D eigenvalue weighted by Gasteiger charge is 2.04. The van der Waals surface area contributed by atoms with Gasteiger partial charge in [-0.2, -0.15) is 5.10 Å². The number of furan rings is 1. The van der Waals surface area contributed by atoms with Crippen LogP contribution in [0.25, 0.3) is 0 Å². The summed E-state index contributed by atoms with van der Waals surface area (Å²) in [5.41, 5.74) is 9.40. The lowest BCUT2D eigenvalue weighted by Gasteiger charge is -2.12.